The number of ketones is 1. The molecule has 0 spiro atoms. The number of Topliss-reactive ketones (excluding diaryl/α,β-unsaturated/α-hetero) is 1. The van der Waals surface area contributed by atoms with Crippen LogP contribution in [0.25, 0.3) is 0 Å². The molecule has 0 aliphatic heterocycles. The predicted octanol–water partition coefficient (Wildman–Crippen LogP) is 3.15. The molecule has 146 valence electrons. The molecular formula is C20H36O5. The minimum Gasteiger partial charge on any atom is -0.394 e. The SMILES string of the molecule is CCC=CCC1C(=O)CCC1CCCCOCCOCCOCCO. The zero-order valence-electron chi connectivity index (χ0n) is 15.8. The molecule has 0 bridgehead atoms. The van der Waals surface area contributed by atoms with Crippen molar-refractivity contribution >= 4 is 5.78 Å². The number of rotatable bonds is 16. The summed E-state index contributed by atoms with van der Waals surface area (Å²) >= 11 is 0. The molecule has 1 aliphatic rings. The smallest absolute Gasteiger partial charge is 0.136 e. The predicted molar refractivity (Wildman–Crippen MR) is 98.7 cm³/mol. The zero-order chi connectivity index (χ0) is 18.2. The fraction of sp³-hybridized carbons (Fsp3) is 0.850. The maximum Gasteiger partial charge on any atom is 0.136 e. The third-order valence-corrected chi connectivity index (χ3v) is 4.63. The Kier molecular flexibility index (Phi) is 13.8. The van der Waals surface area contributed by atoms with E-state index < -0.39 is 0 Å². The molecule has 0 aromatic rings. The van der Waals surface area contributed by atoms with Crippen LogP contribution in [0, 0.1) is 11.8 Å². The van der Waals surface area contributed by atoms with Gasteiger partial charge in [0.15, 0.2) is 0 Å². The van der Waals surface area contributed by atoms with Crippen molar-refractivity contribution in [3.8, 4) is 0 Å². The molecule has 0 heterocycles. The summed E-state index contributed by atoms with van der Waals surface area (Å²) in [6.07, 6.45) is 11.5. The van der Waals surface area contributed by atoms with Gasteiger partial charge in [0.05, 0.1) is 39.6 Å². The molecule has 1 saturated carbocycles. The molecule has 1 rings (SSSR count). The molecule has 1 N–H and O–H groups in total. The minimum absolute atomic E-state index is 0.0499. The second-order valence-electron chi connectivity index (χ2n) is 6.54. The molecule has 2 unspecified atom stereocenters. The van der Waals surface area contributed by atoms with Crippen LogP contribution in [-0.2, 0) is 19.0 Å². The summed E-state index contributed by atoms with van der Waals surface area (Å²) in [6.45, 7) is 5.52. The number of ether oxygens (including phenoxy) is 3. The Labute approximate surface area is 152 Å². The second-order valence-corrected chi connectivity index (χ2v) is 6.54. The lowest BCUT2D eigenvalue weighted by atomic mass is 9.88. The fourth-order valence-corrected chi connectivity index (χ4v) is 3.27. The summed E-state index contributed by atoms with van der Waals surface area (Å²) in [5, 5.41) is 8.55. The number of carbonyl (C=O) groups excluding carboxylic acids is 1. The molecule has 0 aromatic heterocycles. The number of hydrogen-bond donors (Lipinski definition) is 1. The van der Waals surface area contributed by atoms with Crippen molar-refractivity contribution < 1.29 is 24.1 Å². The summed E-state index contributed by atoms with van der Waals surface area (Å²) in [7, 11) is 0. The highest BCUT2D eigenvalue weighted by atomic mass is 16.5. The summed E-state index contributed by atoms with van der Waals surface area (Å²) in [4.78, 5) is 12.0. The molecule has 0 amide bonds. The van der Waals surface area contributed by atoms with E-state index in [1.165, 1.54) is 0 Å². The lowest BCUT2D eigenvalue weighted by Gasteiger charge is -2.16. The Morgan fingerprint density at radius 3 is 2.36 bits per heavy atom. The van der Waals surface area contributed by atoms with E-state index in [1.807, 2.05) is 0 Å². The van der Waals surface area contributed by atoms with Crippen molar-refractivity contribution in [3.05, 3.63) is 12.2 Å². The number of aliphatic hydroxyl groups is 1. The Balaban J connectivity index is 1.95. The van der Waals surface area contributed by atoms with Crippen LogP contribution >= 0.6 is 0 Å². The molecule has 0 radical (unpaired) electrons. The van der Waals surface area contributed by atoms with Gasteiger partial charge in [-0.3, -0.25) is 4.79 Å². The van der Waals surface area contributed by atoms with E-state index in [4.69, 9.17) is 19.3 Å². The Morgan fingerprint density at radius 1 is 1.00 bits per heavy atom. The molecule has 1 aliphatic carbocycles. The summed E-state index contributed by atoms with van der Waals surface area (Å²) < 4.78 is 16.0. The van der Waals surface area contributed by atoms with Crippen molar-refractivity contribution in [2.75, 3.05) is 46.2 Å². The molecule has 5 nitrogen and oxygen atoms in total. The summed E-state index contributed by atoms with van der Waals surface area (Å²) in [6, 6.07) is 0. The van der Waals surface area contributed by atoms with Crippen molar-refractivity contribution in [1.29, 1.82) is 0 Å². The maximum atomic E-state index is 12.0. The lowest BCUT2D eigenvalue weighted by Crippen LogP contribution is -2.14. The highest BCUT2D eigenvalue weighted by molar-refractivity contribution is 5.83. The van der Waals surface area contributed by atoms with Gasteiger partial charge in [0.1, 0.15) is 5.78 Å². The van der Waals surface area contributed by atoms with Gasteiger partial charge >= 0.3 is 0 Å². The van der Waals surface area contributed by atoms with Crippen LogP contribution in [0.1, 0.15) is 51.9 Å². The Hall–Kier alpha value is -0.750. The summed E-state index contributed by atoms with van der Waals surface area (Å²) in [5.41, 5.74) is 0. The topological polar surface area (TPSA) is 65.0 Å². The van der Waals surface area contributed by atoms with Gasteiger partial charge in [-0.15, -0.1) is 0 Å². The number of unbranched alkanes of at least 4 members (excludes halogenated alkanes) is 1. The molecular weight excluding hydrogens is 320 g/mol. The van der Waals surface area contributed by atoms with E-state index in [0.29, 0.717) is 44.7 Å². The highest BCUT2D eigenvalue weighted by Gasteiger charge is 2.32. The van der Waals surface area contributed by atoms with Gasteiger partial charge < -0.3 is 19.3 Å². The monoisotopic (exact) mass is 356 g/mol. The zero-order valence-corrected chi connectivity index (χ0v) is 15.8. The van der Waals surface area contributed by atoms with Crippen molar-refractivity contribution in [2.24, 2.45) is 11.8 Å². The third-order valence-electron chi connectivity index (χ3n) is 4.63. The average molecular weight is 357 g/mol. The highest BCUT2D eigenvalue weighted by Crippen LogP contribution is 2.35. The van der Waals surface area contributed by atoms with E-state index in [1.54, 1.807) is 0 Å². The van der Waals surface area contributed by atoms with Crippen LogP contribution in [0.2, 0.25) is 0 Å². The number of carbonyl (C=O) groups is 1. The number of allylic oxidation sites excluding steroid dienone is 2. The van der Waals surface area contributed by atoms with Gasteiger partial charge in [0.2, 0.25) is 0 Å². The normalized spacial score (nSPS) is 20.8. The van der Waals surface area contributed by atoms with E-state index in [9.17, 15) is 4.79 Å². The first kappa shape index (κ1) is 22.3. The van der Waals surface area contributed by atoms with Crippen LogP contribution in [0.3, 0.4) is 0 Å². The molecule has 5 heteroatoms. The standard InChI is InChI=1S/C20H36O5/c1-2-3-4-8-19-18(9-10-20(19)22)7-5-6-12-23-14-16-25-17-15-24-13-11-21/h3-4,18-19,21H,2,5-17H2,1H3. The third kappa shape index (κ3) is 10.8. The first-order valence-electron chi connectivity index (χ1n) is 9.81. The van der Waals surface area contributed by atoms with Crippen LogP contribution in [0.4, 0.5) is 0 Å². The van der Waals surface area contributed by atoms with Gasteiger partial charge in [0, 0.05) is 18.9 Å². The first-order chi connectivity index (χ1) is 12.3. The van der Waals surface area contributed by atoms with Crippen molar-refractivity contribution in [2.45, 2.75) is 51.9 Å². The first-order valence-corrected chi connectivity index (χ1v) is 9.81. The van der Waals surface area contributed by atoms with Crippen LogP contribution < -0.4 is 0 Å². The average Bonchev–Trinajstić information content (AvgIpc) is 2.96. The van der Waals surface area contributed by atoms with Gasteiger partial charge in [-0.05, 0) is 38.0 Å². The van der Waals surface area contributed by atoms with Gasteiger partial charge in [-0.1, -0.05) is 25.5 Å². The van der Waals surface area contributed by atoms with Crippen molar-refractivity contribution in [3.63, 3.8) is 0 Å². The number of hydrogen-bond acceptors (Lipinski definition) is 5. The lowest BCUT2D eigenvalue weighted by molar-refractivity contribution is -0.121. The van der Waals surface area contributed by atoms with Gasteiger partial charge in [-0.2, -0.15) is 0 Å². The minimum atomic E-state index is 0.0499. The van der Waals surface area contributed by atoms with E-state index in [-0.39, 0.29) is 12.5 Å². The van der Waals surface area contributed by atoms with E-state index in [0.717, 1.165) is 51.6 Å². The van der Waals surface area contributed by atoms with E-state index in [2.05, 4.69) is 19.1 Å². The molecule has 25 heavy (non-hydrogen) atoms. The fourth-order valence-electron chi connectivity index (χ4n) is 3.27. The Morgan fingerprint density at radius 2 is 1.68 bits per heavy atom. The number of aliphatic hydroxyl groups excluding tert-OH is 1. The largest absolute Gasteiger partial charge is 0.394 e. The van der Waals surface area contributed by atoms with Crippen LogP contribution in [0.5, 0.6) is 0 Å². The maximum absolute atomic E-state index is 12.0. The quantitative estimate of drug-likeness (QED) is 0.340. The van der Waals surface area contributed by atoms with Gasteiger partial charge in [0.25, 0.3) is 0 Å². The van der Waals surface area contributed by atoms with Gasteiger partial charge in [-0.25, -0.2) is 0 Å². The van der Waals surface area contributed by atoms with Crippen LogP contribution in [0.15, 0.2) is 12.2 Å². The van der Waals surface area contributed by atoms with E-state index >= 15 is 0 Å². The van der Waals surface area contributed by atoms with Crippen LogP contribution in [-0.4, -0.2) is 57.1 Å². The molecule has 2 atom stereocenters. The molecule has 1 fully saturated rings. The Bertz CT molecular complexity index is 356. The summed E-state index contributed by atoms with van der Waals surface area (Å²) in [5.74, 6) is 1.28. The second kappa shape index (κ2) is 15.5. The van der Waals surface area contributed by atoms with Crippen molar-refractivity contribution in [1.82, 2.24) is 0 Å². The molecule has 0 aromatic carbocycles. The molecule has 0 saturated heterocycles.